The summed E-state index contributed by atoms with van der Waals surface area (Å²) in [7, 11) is 3.06. The summed E-state index contributed by atoms with van der Waals surface area (Å²) >= 11 is 0. The molecule has 0 unspecified atom stereocenters. The van der Waals surface area contributed by atoms with Crippen LogP contribution in [0.25, 0.3) is 0 Å². The van der Waals surface area contributed by atoms with Gasteiger partial charge < -0.3 is 24.3 Å². The lowest BCUT2D eigenvalue weighted by Crippen LogP contribution is -2.35. The predicted octanol–water partition coefficient (Wildman–Crippen LogP) is 2.12. The van der Waals surface area contributed by atoms with E-state index < -0.39 is 5.79 Å². The highest BCUT2D eigenvalue weighted by molar-refractivity contribution is 5.99. The topological polar surface area (TPSA) is 66.0 Å². The van der Waals surface area contributed by atoms with E-state index in [1.54, 1.807) is 18.2 Å². The third-order valence-corrected chi connectivity index (χ3v) is 4.42. The minimum Gasteiger partial charge on any atom is -0.496 e. The fourth-order valence-corrected chi connectivity index (χ4v) is 3.26. The first-order chi connectivity index (χ1) is 11.2. The summed E-state index contributed by atoms with van der Waals surface area (Å²) in [6, 6.07) is 5.26. The van der Waals surface area contributed by atoms with Gasteiger partial charge in [-0.3, -0.25) is 4.79 Å². The summed E-state index contributed by atoms with van der Waals surface area (Å²) in [6.45, 7) is 0.922. The van der Waals surface area contributed by atoms with Crippen molar-refractivity contribution in [3.8, 4) is 11.5 Å². The highest BCUT2D eigenvalue weighted by Crippen LogP contribution is 2.39. The van der Waals surface area contributed by atoms with Crippen LogP contribution in [-0.4, -0.2) is 45.2 Å². The number of methoxy groups -OCH3 is 2. The van der Waals surface area contributed by atoms with Gasteiger partial charge >= 0.3 is 0 Å². The van der Waals surface area contributed by atoms with Crippen LogP contribution in [-0.2, 0) is 9.47 Å². The number of ether oxygens (including phenoxy) is 4. The molecule has 1 aromatic rings. The molecule has 23 heavy (non-hydrogen) atoms. The van der Waals surface area contributed by atoms with Crippen molar-refractivity contribution in [2.45, 2.75) is 37.6 Å². The van der Waals surface area contributed by atoms with Crippen molar-refractivity contribution in [1.29, 1.82) is 0 Å². The predicted molar refractivity (Wildman–Crippen MR) is 83.9 cm³/mol. The van der Waals surface area contributed by atoms with Crippen molar-refractivity contribution >= 4 is 5.91 Å². The lowest BCUT2D eigenvalue weighted by Gasteiger charge is -2.22. The molecule has 1 saturated carbocycles. The minimum absolute atomic E-state index is 0.113. The molecular formula is C17H23NO5. The highest BCUT2D eigenvalue weighted by atomic mass is 16.7. The van der Waals surface area contributed by atoms with Crippen LogP contribution in [0, 0.1) is 0 Å². The van der Waals surface area contributed by atoms with Crippen LogP contribution in [0.1, 0.15) is 36.0 Å². The first-order valence-electron chi connectivity index (χ1n) is 7.98. The Kier molecular flexibility index (Phi) is 4.73. The summed E-state index contributed by atoms with van der Waals surface area (Å²) in [5, 5.41) is 2.89. The molecule has 1 spiro atoms. The van der Waals surface area contributed by atoms with Crippen molar-refractivity contribution in [2.75, 3.05) is 27.4 Å². The number of rotatable bonds is 5. The van der Waals surface area contributed by atoms with E-state index in [-0.39, 0.29) is 12.0 Å². The zero-order valence-corrected chi connectivity index (χ0v) is 13.6. The second kappa shape index (κ2) is 6.76. The molecule has 1 atom stereocenters. The molecule has 0 aromatic heterocycles. The van der Waals surface area contributed by atoms with Crippen LogP contribution >= 0.6 is 0 Å². The fraction of sp³-hybridized carbons (Fsp3) is 0.588. The Morgan fingerprint density at radius 1 is 1.26 bits per heavy atom. The molecule has 126 valence electrons. The summed E-state index contributed by atoms with van der Waals surface area (Å²) in [6.07, 6.45) is 4.04. The van der Waals surface area contributed by atoms with Gasteiger partial charge in [-0.15, -0.1) is 0 Å². The lowest BCUT2D eigenvalue weighted by molar-refractivity contribution is -0.161. The largest absolute Gasteiger partial charge is 0.496 e. The lowest BCUT2D eigenvalue weighted by atomic mass is 10.1. The Morgan fingerprint density at radius 3 is 2.52 bits per heavy atom. The van der Waals surface area contributed by atoms with Crippen molar-refractivity contribution in [3.63, 3.8) is 0 Å². The van der Waals surface area contributed by atoms with Crippen LogP contribution in [0.5, 0.6) is 11.5 Å². The number of amides is 1. The highest BCUT2D eigenvalue weighted by Gasteiger charge is 2.43. The molecule has 2 fully saturated rings. The zero-order valence-electron chi connectivity index (χ0n) is 13.6. The minimum atomic E-state index is -0.405. The average Bonchev–Trinajstić information content (AvgIpc) is 3.21. The molecule has 3 rings (SSSR count). The quantitative estimate of drug-likeness (QED) is 0.900. The van der Waals surface area contributed by atoms with Crippen LogP contribution in [0.4, 0.5) is 0 Å². The fourth-order valence-electron chi connectivity index (χ4n) is 3.26. The number of benzene rings is 1. The third-order valence-electron chi connectivity index (χ3n) is 4.42. The first-order valence-corrected chi connectivity index (χ1v) is 7.98. The molecule has 1 N–H and O–H groups in total. The molecule has 6 nitrogen and oxygen atoms in total. The van der Waals surface area contributed by atoms with Gasteiger partial charge in [-0.05, 0) is 25.0 Å². The molecule has 1 amide bonds. The van der Waals surface area contributed by atoms with Crippen LogP contribution in [0.15, 0.2) is 18.2 Å². The maximum Gasteiger partial charge on any atom is 0.258 e. The van der Waals surface area contributed by atoms with Gasteiger partial charge in [0.05, 0.1) is 20.8 Å². The van der Waals surface area contributed by atoms with E-state index in [1.807, 2.05) is 0 Å². The van der Waals surface area contributed by atoms with E-state index in [4.69, 9.17) is 18.9 Å². The van der Waals surface area contributed by atoms with Gasteiger partial charge in [0.15, 0.2) is 5.79 Å². The summed E-state index contributed by atoms with van der Waals surface area (Å²) in [5.41, 5.74) is 0.395. The number of hydrogen-bond acceptors (Lipinski definition) is 5. The van der Waals surface area contributed by atoms with Gasteiger partial charge in [-0.1, -0.05) is 6.07 Å². The molecule has 1 aliphatic heterocycles. The summed E-state index contributed by atoms with van der Waals surface area (Å²) in [4.78, 5) is 12.5. The van der Waals surface area contributed by atoms with E-state index in [1.165, 1.54) is 14.2 Å². The van der Waals surface area contributed by atoms with Crippen LogP contribution < -0.4 is 14.8 Å². The van der Waals surface area contributed by atoms with Gasteiger partial charge in [0.2, 0.25) is 0 Å². The monoisotopic (exact) mass is 321 g/mol. The second-order valence-electron chi connectivity index (χ2n) is 5.92. The SMILES string of the molecule is COc1cccc(OC)c1C(=O)NC[C@H]1COC2(CCCC2)O1. The molecule has 2 aliphatic rings. The van der Waals surface area contributed by atoms with E-state index in [9.17, 15) is 4.79 Å². The standard InChI is InChI=1S/C17H23NO5/c1-20-13-6-5-7-14(21-2)15(13)16(19)18-10-12-11-22-17(23-12)8-3-4-9-17/h5-7,12H,3-4,8-11H2,1-2H3,(H,18,19)/t12-/m0/s1. The van der Waals surface area contributed by atoms with Crippen LogP contribution in [0.3, 0.4) is 0 Å². The Labute approximate surface area is 136 Å². The van der Waals surface area contributed by atoms with E-state index in [0.29, 0.717) is 30.2 Å². The van der Waals surface area contributed by atoms with Crippen molar-refractivity contribution in [1.82, 2.24) is 5.32 Å². The molecule has 1 heterocycles. The molecule has 1 saturated heterocycles. The van der Waals surface area contributed by atoms with Crippen molar-refractivity contribution in [2.24, 2.45) is 0 Å². The Bertz CT molecular complexity index is 546. The number of carbonyl (C=O) groups is 1. The van der Waals surface area contributed by atoms with Gasteiger partial charge in [0.25, 0.3) is 5.91 Å². The first kappa shape index (κ1) is 16.1. The molecule has 0 bridgehead atoms. The van der Waals surface area contributed by atoms with Gasteiger partial charge in [-0.2, -0.15) is 0 Å². The smallest absolute Gasteiger partial charge is 0.258 e. The molecule has 6 heteroatoms. The maximum atomic E-state index is 12.5. The Hall–Kier alpha value is -1.79. The Morgan fingerprint density at radius 2 is 1.91 bits per heavy atom. The second-order valence-corrected chi connectivity index (χ2v) is 5.92. The Balaban J connectivity index is 1.62. The third kappa shape index (κ3) is 3.28. The number of hydrogen-bond donors (Lipinski definition) is 1. The zero-order chi connectivity index (χ0) is 16.3. The van der Waals surface area contributed by atoms with Crippen LogP contribution in [0.2, 0.25) is 0 Å². The van der Waals surface area contributed by atoms with Gasteiger partial charge in [0, 0.05) is 19.4 Å². The number of carbonyl (C=O) groups excluding carboxylic acids is 1. The van der Waals surface area contributed by atoms with Crippen molar-refractivity contribution in [3.05, 3.63) is 23.8 Å². The van der Waals surface area contributed by atoms with Gasteiger partial charge in [0.1, 0.15) is 23.2 Å². The maximum absolute atomic E-state index is 12.5. The number of nitrogens with one attached hydrogen (secondary N) is 1. The molecule has 1 aromatic carbocycles. The normalized spacial score (nSPS) is 22.3. The summed E-state index contributed by atoms with van der Waals surface area (Å²) in [5.74, 6) is 0.322. The van der Waals surface area contributed by atoms with E-state index >= 15 is 0 Å². The average molecular weight is 321 g/mol. The van der Waals surface area contributed by atoms with E-state index in [0.717, 1.165) is 25.7 Å². The van der Waals surface area contributed by atoms with E-state index in [2.05, 4.69) is 5.32 Å². The van der Waals surface area contributed by atoms with Crippen molar-refractivity contribution < 1.29 is 23.7 Å². The molecular weight excluding hydrogens is 298 g/mol. The van der Waals surface area contributed by atoms with Gasteiger partial charge in [-0.25, -0.2) is 0 Å². The summed E-state index contributed by atoms with van der Waals surface area (Å²) < 4.78 is 22.3. The molecule has 0 radical (unpaired) electrons. The molecule has 1 aliphatic carbocycles.